The largest absolute Gasteiger partial charge is 0.340 e. The van der Waals surface area contributed by atoms with Crippen molar-refractivity contribution < 1.29 is 0 Å². The smallest absolute Gasteiger partial charge is 0.142 e. The highest BCUT2D eigenvalue weighted by Crippen LogP contribution is 2.36. The van der Waals surface area contributed by atoms with Crippen LogP contribution >= 0.6 is 27.3 Å². The summed E-state index contributed by atoms with van der Waals surface area (Å²) in [7, 11) is 0. The molecule has 0 radical (unpaired) electrons. The fourth-order valence-electron chi connectivity index (χ4n) is 2.54. The number of hydrogen-bond donors (Lipinski definition) is 1. The Hall–Kier alpha value is -2.24. The molecule has 0 saturated carbocycles. The molecule has 0 atom stereocenters. The Morgan fingerprint density at radius 1 is 0.958 bits per heavy atom. The summed E-state index contributed by atoms with van der Waals surface area (Å²) >= 11 is 5.15. The van der Waals surface area contributed by atoms with Crippen molar-refractivity contribution in [3.8, 4) is 10.4 Å². The molecular weight excluding hydrogens is 382 g/mol. The topological polar surface area (TPSA) is 37.8 Å². The molecule has 0 aliphatic carbocycles. The molecule has 0 spiro atoms. The molecule has 2 aromatic heterocycles. The zero-order valence-electron chi connectivity index (χ0n) is 13.0. The van der Waals surface area contributed by atoms with Crippen LogP contribution in [0.25, 0.3) is 20.7 Å². The van der Waals surface area contributed by atoms with Crippen LogP contribution < -0.4 is 5.32 Å². The number of aromatic nitrogens is 2. The molecule has 4 rings (SSSR count). The SMILES string of the molecule is Cc1nc(Nc2ccc(Br)cc2)c2cc(-c3ccccc3)sc2n1. The molecular formula is C19H14BrN3S. The lowest BCUT2D eigenvalue weighted by Crippen LogP contribution is -1.97. The van der Waals surface area contributed by atoms with Crippen LogP contribution in [-0.2, 0) is 0 Å². The fourth-order valence-corrected chi connectivity index (χ4v) is 3.88. The van der Waals surface area contributed by atoms with Crippen LogP contribution in [0.1, 0.15) is 5.82 Å². The van der Waals surface area contributed by atoms with E-state index in [1.165, 1.54) is 10.4 Å². The van der Waals surface area contributed by atoms with Gasteiger partial charge in [0.1, 0.15) is 16.5 Å². The van der Waals surface area contributed by atoms with Crippen LogP contribution in [0.3, 0.4) is 0 Å². The van der Waals surface area contributed by atoms with Crippen LogP contribution in [0, 0.1) is 6.92 Å². The summed E-state index contributed by atoms with van der Waals surface area (Å²) < 4.78 is 1.05. The number of aryl methyl sites for hydroxylation is 1. The zero-order valence-corrected chi connectivity index (χ0v) is 15.4. The maximum absolute atomic E-state index is 4.60. The minimum atomic E-state index is 0.767. The minimum Gasteiger partial charge on any atom is -0.340 e. The van der Waals surface area contributed by atoms with E-state index in [0.717, 1.165) is 32.0 Å². The number of nitrogens with zero attached hydrogens (tertiary/aromatic N) is 2. The summed E-state index contributed by atoms with van der Waals surface area (Å²) in [6.45, 7) is 1.92. The van der Waals surface area contributed by atoms with Crippen molar-refractivity contribution in [1.29, 1.82) is 0 Å². The van der Waals surface area contributed by atoms with Crippen LogP contribution in [0.2, 0.25) is 0 Å². The number of nitrogens with one attached hydrogen (secondary N) is 1. The van der Waals surface area contributed by atoms with Crippen molar-refractivity contribution >= 4 is 49.0 Å². The van der Waals surface area contributed by atoms with E-state index in [9.17, 15) is 0 Å². The van der Waals surface area contributed by atoms with E-state index in [-0.39, 0.29) is 0 Å². The predicted molar refractivity (Wildman–Crippen MR) is 105 cm³/mol. The predicted octanol–water partition coefficient (Wildman–Crippen LogP) is 6.17. The number of rotatable bonds is 3. The maximum atomic E-state index is 4.60. The van der Waals surface area contributed by atoms with Gasteiger partial charge in [0.15, 0.2) is 0 Å². The molecule has 0 aliphatic heterocycles. The molecule has 24 heavy (non-hydrogen) atoms. The van der Waals surface area contributed by atoms with E-state index in [1.807, 2.05) is 37.3 Å². The number of thiophene rings is 1. The summed E-state index contributed by atoms with van der Waals surface area (Å²) in [5.74, 6) is 1.61. The molecule has 3 nitrogen and oxygen atoms in total. The molecule has 0 fully saturated rings. The first kappa shape index (κ1) is 15.3. The monoisotopic (exact) mass is 395 g/mol. The van der Waals surface area contributed by atoms with Gasteiger partial charge in [0.2, 0.25) is 0 Å². The van der Waals surface area contributed by atoms with Crippen molar-refractivity contribution in [3.63, 3.8) is 0 Å². The van der Waals surface area contributed by atoms with E-state index >= 15 is 0 Å². The third-order valence-electron chi connectivity index (χ3n) is 3.67. The number of anilines is 2. The average Bonchev–Trinajstić information content (AvgIpc) is 3.02. The summed E-state index contributed by atoms with van der Waals surface area (Å²) in [4.78, 5) is 11.4. The molecule has 2 heterocycles. The first-order valence-electron chi connectivity index (χ1n) is 7.55. The van der Waals surface area contributed by atoms with E-state index in [1.54, 1.807) is 11.3 Å². The quantitative estimate of drug-likeness (QED) is 0.450. The second kappa shape index (κ2) is 6.34. The first-order chi connectivity index (χ1) is 11.7. The molecule has 4 aromatic rings. The molecule has 2 aromatic carbocycles. The highest BCUT2D eigenvalue weighted by Gasteiger charge is 2.12. The van der Waals surface area contributed by atoms with Crippen LogP contribution in [0.5, 0.6) is 0 Å². The van der Waals surface area contributed by atoms with Gasteiger partial charge in [-0.2, -0.15) is 0 Å². The minimum absolute atomic E-state index is 0.767. The van der Waals surface area contributed by atoms with E-state index in [2.05, 4.69) is 61.5 Å². The summed E-state index contributed by atoms with van der Waals surface area (Å²) in [5, 5.41) is 4.46. The van der Waals surface area contributed by atoms with Gasteiger partial charge in [-0.15, -0.1) is 11.3 Å². The number of fused-ring (bicyclic) bond motifs is 1. The number of halogens is 1. The Balaban J connectivity index is 1.80. The van der Waals surface area contributed by atoms with Crippen molar-refractivity contribution in [2.45, 2.75) is 6.92 Å². The Kier molecular flexibility index (Phi) is 4.04. The van der Waals surface area contributed by atoms with Gasteiger partial charge in [-0.25, -0.2) is 9.97 Å². The third-order valence-corrected chi connectivity index (χ3v) is 5.28. The fraction of sp³-hybridized carbons (Fsp3) is 0.0526. The molecule has 1 N–H and O–H groups in total. The first-order valence-corrected chi connectivity index (χ1v) is 9.16. The molecule has 0 unspecified atom stereocenters. The summed E-state index contributed by atoms with van der Waals surface area (Å²) in [6.07, 6.45) is 0. The average molecular weight is 396 g/mol. The molecule has 0 amide bonds. The van der Waals surface area contributed by atoms with Crippen LogP contribution in [-0.4, -0.2) is 9.97 Å². The second-order valence-electron chi connectivity index (χ2n) is 5.45. The van der Waals surface area contributed by atoms with Crippen molar-refractivity contribution in [3.05, 3.63) is 71.0 Å². The standard InChI is InChI=1S/C19H14BrN3S/c1-12-21-18(23-15-9-7-14(20)8-10-15)16-11-17(24-19(16)22-12)13-5-3-2-4-6-13/h2-11H,1H3,(H,21,22,23). The van der Waals surface area contributed by atoms with Crippen molar-refractivity contribution in [1.82, 2.24) is 9.97 Å². The molecule has 118 valence electrons. The number of hydrogen-bond acceptors (Lipinski definition) is 4. The molecule has 5 heteroatoms. The van der Waals surface area contributed by atoms with Gasteiger partial charge >= 0.3 is 0 Å². The summed E-state index contributed by atoms with van der Waals surface area (Å²) in [5.41, 5.74) is 2.21. The Morgan fingerprint density at radius 3 is 2.46 bits per heavy atom. The Bertz CT molecular complexity index is 994. The van der Waals surface area contributed by atoms with E-state index in [0.29, 0.717) is 0 Å². The lowest BCUT2D eigenvalue weighted by atomic mass is 10.2. The van der Waals surface area contributed by atoms with Gasteiger partial charge < -0.3 is 5.32 Å². The van der Waals surface area contributed by atoms with E-state index in [4.69, 9.17) is 0 Å². The van der Waals surface area contributed by atoms with Gasteiger partial charge in [0.25, 0.3) is 0 Å². The normalized spacial score (nSPS) is 10.9. The van der Waals surface area contributed by atoms with E-state index < -0.39 is 0 Å². The van der Waals surface area contributed by atoms with Crippen molar-refractivity contribution in [2.24, 2.45) is 0 Å². The maximum Gasteiger partial charge on any atom is 0.142 e. The lowest BCUT2D eigenvalue weighted by Gasteiger charge is -2.07. The van der Waals surface area contributed by atoms with Gasteiger partial charge in [-0.05, 0) is 42.8 Å². The zero-order chi connectivity index (χ0) is 16.5. The summed E-state index contributed by atoms with van der Waals surface area (Å²) in [6, 6.07) is 20.6. The lowest BCUT2D eigenvalue weighted by molar-refractivity contribution is 1.10. The molecule has 0 bridgehead atoms. The van der Waals surface area contributed by atoms with Gasteiger partial charge in [-0.3, -0.25) is 0 Å². The van der Waals surface area contributed by atoms with Crippen molar-refractivity contribution in [2.75, 3.05) is 5.32 Å². The van der Waals surface area contributed by atoms with Gasteiger partial charge in [0.05, 0.1) is 5.39 Å². The number of benzene rings is 2. The second-order valence-corrected chi connectivity index (χ2v) is 7.39. The highest BCUT2D eigenvalue weighted by molar-refractivity contribution is 9.10. The Labute approximate surface area is 152 Å². The van der Waals surface area contributed by atoms with Gasteiger partial charge in [0, 0.05) is 15.0 Å². The molecule has 0 aliphatic rings. The van der Waals surface area contributed by atoms with Gasteiger partial charge in [-0.1, -0.05) is 46.3 Å². The van der Waals surface area contributed by atoms with Crippen LogP contribution in [0.15, 0.2) is 65.1 Å². The highest BCUT2D eigenvalue weighted by atomic mass is 79.9. The third kappa shape index (κ3) is 3.05. The Morgan fingerprint density at radius 2 is 1.71 bits per heavy atom. The molecule has 0 saturated heterocycles. The van der Waals surface area contributed by atoms with Crippen LogP contribution in [0.4, 0.5) is 11.5 Å².